The van der Waals surface area contributed by atoms with Gasteiger partial charge in [0.05, 0.1) is 12.8 Å². The van der Waals surface area contributed by atoms with Crippen molar-refractivity contribution in [3.63, 3.8) is 0 Å². The molecule has 1 amide bonds. The van der Waals surface area contributed by atoms with Crippen LogP contribution in [0.5, 0.6) is 5.75 Å². The minimum atomic E-state index is -0.0405. The van der Waals surface area contributed by atoms with Crippen molar-refractivity contribution in [3.05, 3.63) is 47.3 Å². The van der Waals surface area contributed by atoms with Crippen LogP contribution in [0.3, 0.4) is 0 Å². The summed E-state index contributed by atoms with van der Waals surface area (Å²) in [6, 6.07) is 9.59. The monoisotopic (exact) mass is 328 g/mol. The van der Waals surface area contributed by atoms with Gasteiger partial charge < -0.3 is 14.2 Å². The second-order valence-corrected chi connectivity index (χ2v) is 6.27. The predicted molar refractivity (Wildman–Crippen MR) is 91.3 cm³/mol. The molecule has 5 heteroatoms. The summed E-state index contributed by atoms with van der Waals surface area (Å²) in [4.78, 5) is 14.5. The van der Waals surface area contributed by atoms with Crippen molar-refractivity contribution in [1.82, 2.24) is 10.1 Å². The van der Waals surface area contributed by atoms with Gasteiger partial charge in [-0.25, -0.2) is 0 Å². The number of likely N-dealkylation sites (tertiary alicyclic amines) is 1. The largest absolute Gasteiger partial charge is 0.497 e. The van der Waals surface area contributed by atoms with E-state index in [0.29, 0.717) is 12.2 Å². The molecule has 3 rings (SSSR count). The molecule has 0 aliphatic carbocycles. The lowest BCUT2D eigenvalue weighted by Crippen LogP contribution is -2.33. The van der Waals surface area contributed by atoms with Gasteiger partial charge in [0.2, 0.25) is 5.76 Å². The van der Waals surface area contributed by atoms with E-state index in [4.69, 9.17) is 9.26 Å². The lowest BCUT2D eigenvalue weighted by Gasteiger charge is -2.23. The predicted octanol–water partition coefficient (Wildman–Crippen LogP) is 3.68. The van der Waals surface area contributed by atoms with E-state index in [2.05, 4.69) is 5.16 Å². The fourth-order valence-corrected chi connectivity index (χ4v) is 3.09. The van der Waals surface area contributed by atoms with E-state index < -0.39 is 0 Å². The Morgan fingerprint density at radius 2 is 1.92 bits per heavy atom. The third-order valence-corrected chi connectivity index (χ3v) is 4.43. The number of ether oxygens (including phenoxy) is 1. The third kappa shape index (κ3) is 4.16. The zero-order chi connectivity index (χ0) is 16.8. The SMILES string of the molecule is COc1cccc(Cc2cc(C(=O)N3CCCCCCC3)on2)c1. The van der Waals surface area contributed by atoms with Crippen LogP contribution in [0.15, 0.2) is 34.9 Å². The van der Waals surface area contributed by atoms with Crippen LogP contribution in [-0.4, -0.2) is 36.2 Å². The second-order valence-electron chi connectivity index (χ2n) is 6.27. The number of aromatic nitrogens is 1. The molecule has 1 saturated heterocycles. The first-order valence-corrected chi connectivity index (χ1v) is 8.64. The van der Waals surface area contributed by atoms with Crippen molar-refractivity contribution in [1.29, 1.82) is 0 Å². The molecule has 1 fully saturated rings. The van der Waals surface area contributed by atoms with Gasteiger partial charge in [-0.1, -0.05) is 36.6 Å². The van der Waals surface area contributed by atoms with Crippen molar-refractivity contribution < 1.29 is 14.1 Å². The first kappa shape index (κ1) is 16.6. The number of carbonyl (C=O) groups excluding carboxylic acids is 1. The smallest absolute Gasteiger partial charge is 0.292 e. The normalized spacial score (nSPS) is 15.6. The zero-order valence-corrected chi connectivity index (χ0v) is 14.2. The van der Waals surface area contributed by atoms with Crippen molar-refractivity contribution in [2.75, 3.05) is 20.2 Å². The Hall–Kier alpha value is -2.30. The summed E-state index contributed by atoms with van der Waals surface area (Å²) in [6.07, 6.45) is 6.42. The Bertz CT molecular complexity index is 673. The standard InChI is InChI=1S/C19H24N2O3/c1-23-17-9-7-8-15(13-17)12-16-14-18(24-20-16)19(22)21-10-5-3-2-4-6-11-21/h7-9,13-14H,2-6,10-12H2,1H3. The highest BCUT2D eigenvalue weighted by atomic mass is 16.5. The zero-order valence-electron chi connectivity index (χ0n) is 14.2. The minimum absolute atomic E-state index is 0.0405. The first-order chi connectivity index (χ1) is 11.8. The fourth-order valence-electron chi connectivity index (χ4n) is 3.09. The van der Waals surface area contributed by atoms with Gasteiger partial charge >= 0.3 is 0 Å². The van der Waals surface area contributed by atoms with Gasteiger partial charge in [0.25, 0.3) is 5.91 Å². The molecule has 0 atom stereocenters. The maximum atomic E-state index is 12.6. The molecule has 0 radical (unpaired) electrons. The third-order valence-electron chi connectivity index (χ3n) is 4.43. The molecule has 1 aliphatic heterocycles. The first-order valence-electron chi connectivity index (χ1n) is 8.64. The molecule has 128 valence electrons. The average Bonchev–Trinajstić information content (AvgIpc) is 3.03. The summed E-state index contributed by atoms with van der Waals surface area (Å²) in [5, 5.41) is 4.06. The number of nitrogens with zero attached hydrogens (tertiary/aromatic N) is 2. The highest BCUT2D eigenvalue weighted by Gasteiger charge is 2.21. The maximum absolute atomic E-state index is 12.6. The molecule has 1 aromatic heterocycles. The van der Waals surface area contributed by atoms with Crippen LogP contribution in [0.4, 0.5) is 0 Å². The van der Waals surface area contributed by atoms with Gasteiger partial charge in [-0.15, -0.1) is 0 Å². The average molecular weight is 328 g/mol. The Balaban J connectivity index is 1.66. The highest BCUT2D eigenvalue weighted by molar-refractivity contribution is 5.91. The molecule has 2 heterocycles. The van der Waals surface area contributed by atoms with Crippen molar-refractivity contribution in [3.8, 4) is 5.75 Å². The molecule has 0 N–H and O–H groups in total. The number of carbonyl (C=O) groups is 1. The molecule has 0 unspecified atom stereocenters. The molecule has 0 bridgehead atoms. The van der Waals surface area contributed by atoms with Crippen molar-refractivity contribution in [2.45, 2.75) is 38.5 Å². The van der Waals surface area contributed by atoms with Crippen LogP contribution in [-0.2, 0) is 6.42 Å². The summed E-state index contributed by atoms with van der Waals surface area (Å²) in [6.45, 7) is 1.62. The number of methoxy groups -OCH3 is 1. The summed E-state index contributed by atoms with van der Waals surface area (Å²) < 4.78 is 10.5. The van der Waals surface area contributed by atoms with Crippen molar-refractivity contribution >= 4 is 5.91 Å². The topological polar surface area (TPSA) is 55.6 Å². The van der Waals surface area contributed by atoms with Gasteiger partial charge in [0.15, 0.2) is 0 Å². The van der Waals surface area contributed by atoms with Crippen LogP contribution < -0.4 is 4.74 Å². The molecular formula is C19H24N2O3. The summed E-state index contributed by atoms with van der Waals surface area (Å²) in [5.74, 6) is 1.11. The molecule has 2 aromatic rings. The molecule has 1 aliphatic rings. The highest BCUT2D eigenvalue weighted by Crippen LogP contribution is 2.18. The fraction of sp³-hybridized carbons (Fsp3) is 0.474. The summed E-state index contributed by atoms with van der Waals surface area (Å²) in [7, 11) is 1.65. The van der Waals surface area contributed by atoms with Gasteiger partial charge in [-0.3, -0.25) is 4.79 Å². The molecule has 0 saturated carbocycles. The van der Waals surface area contributed by atoms with Crippen LogP contribution >= 0.6 is 0 Å². The number of amides is 1. The Morgan fingerprint density at radius 1 is 1.17 bits per heavy atom. The lowest BCUT2D eigenvalue weighted by molar-refractivity contribution is 0.0700. The van der Waals surface area contributed by atoms with E-state index in [1.807, 2.05) is 29.2 Å². The number of hydrogen-bond acceptors (Lipinski definition) is 4. The second kappa shape index (κ2) is 7.99. The van der Waals surface area contributed by atoms with Crippen LogP contribution in [0.25, 0.3) is 0 Å². The van der Waals surface area contributed by atoms with E-state index in [1.165, 1.54) is 19.3 Å². The van der Waals surface area contributed by atoms with Gasteiger partial charge in [-0.05, 0) is 30.5 Å². The van der Waals surface area contributed by atoms with Gasteiger partial charge in [0.1, 0.15) is 5.75 Å². The molecule has 24 heavy (non-hydrogen) atoms. The number of hydrogen-bond donors (Lipinski definition) is 0. The Morgan fingerprint density at radius 3 is 2.67 bits per heavy atom. The lowest BCUT2D eigenvalue weighted by atomic mass is 10.1. The molecule has 1 aromatic carbocycles. The van der Waals surface area contributed by atoms with Crippen molar-refractivity contribution in [2.24, 2.45) is 0 Å². The Kier molecular flexibility index (Phi) is 5.51. The maximum Gasteiger partial charge on any atom is 0.292 e. The minimum Gasteiger partial charge on any atom is -0.497 e. The summed E-state index contributed by atoms with van der Waals surface area (Å²) >= 11 is 0. The van der Waals surface area contributed by atoms with Crippen LogP contribution in [0, 0.1) is 0 Å². The van der Waals surface area contributed by atoms with Gasteiger partial charge in [-0.2, -0.15) is 0 Å². The summed E-state index contributed by atoms with van der Waals surface area (Å²) in [5.41, 5.74) is 1.84. The van der Waals surface area contributed by atoms with E-state index in [1.54, 1.807) is 13.2 Å². The quantitative estimate of drug-likeness (QED) is 0.859. The van der Waals surface area contributed by atoms with E-state index in [0.717, 1.165) is 42.9 Å². The number of benzene rings is 1. The van der Waals surface area contributed by atoms with Crippen LogP contribution in [0.1, 0.15) is 53.9 Å². The van der Waals surface area contributed by atoms with E-state index >= 15 is 0 Å². The Labute approximate surface area is 142 Å². The van der Waals surface area contributed by atoms with E-state index in [-0.39, 0.29) is 5.91 Å². The van der Waals surface area contributed by atoms with Crippen LogP contribution in [0.2, 0.25) is 0 Å². The molecule has 0 spiro atoms. The molecular weight excluding hydrogens is 304 g/mol. The van der Waals surface area contributed by atoms with E-state index in [9.17, 15) is 4.79 Å². The number of rotatable bonds is 4. The molecule has 5 nitrogen and oxygen atoms in total. The van der Waals surface area contributed by atoms with Gasteiger partial charge in [0, 0.05) is 25.6 Å².